The minimum Gasteiger partial charge on any atom is -0.376 e. The fourth-order valence-electron chi connectivity index (χ4n) is 2.86. The number of nitrogens with two attached hydrogens (primary N) is 1. The van der Waals surface area contributed by atoms with E-state index in [1.165, 1.54) is 0 Å². The molecular formula is C13H16ClN3O. The maximum Gasteiger partial charge on any atom is 0.196 e. The van der Waals surface area contributed by atoms with Gasteiger partial charge in [0.1, 0.15) is 0 Å². The normalized spacial score (nSPS) is 31.1. The molecule has 0 bridgehead atoms. The Bertz CT molecular complexity index is 505. The van der Waals surface area contributed by atoms with Gasteiger partial charge in [0.05, 0.1) is 18.2 Å². The van der Waals surface area contributed by atoms with E-state index in [-0.39, 0.29) is 11.6 Å². The molecule has 2 atom stereocenters. The van der Waals surface area contributed by atoms with Crippen molar-refractivity contribution in [2.24, 2.45) is 10.7 Å². The van der Waals surface area contributed by atoms with Crippen LogP contribution >= 0.6 is 11.6 Å². The molecule has 18 heavy (non-hydrogen) atoms. The highest BCUT2D eigenvalue weighted by Gasteiger charge is 2.51. The first kappa shape index (κ1) is 11.8. The number of rotatable bonds is 1. The first-order valence-corrected chi connectivity index (χ1v) is 6.49. The van der Waals surface area contributed by atoms with Gasteiger partial charge in [-0.15, -0.1) is 0 Å². The number of hydrogen-bond donors (Lipinski definition) is 1. The Morgan fingerprint density at radius 1 is 1.56 bits per heavy atom. The molecule has 1 saturated heterocycles. The highest BCUT2D eigenvalue weighted by atomic mass is 35.5. The van der Waals surface area contributed by atoms with Crippen molar-refractivity contribution in [3.8, 4) is 0 Å². The van der Waals surface area contributed by atoms with E-state index in [2.05, 4.69) is 16.8 Å². The zero-order chi connectivity index (χ0) is 12.8. The van der Waals surface area contributed by atoms with Crippen LogP contribution in [-0.4, -0.2) is 30.8 Å². The van der Waals surface area contributed by atoms with Gasteiger partial charge in [0.2, 0.25) is 0 Å². The standard InChI is InChI=1S/C13H16ClN3O/c1-9-13(5-6-18-9)8-16-12(15)17(13)11-4-2-3-10(14)7-11/h2-4,7,9H,5-6,8H2,1H3,(H2,15,16). The molecule has 4 nitrogen and oxygen atoms in total. The number of anilines is 1. The molecule has 0 amide bonds. The van der Waals surface area contributed by atoms with Crippen molar-refractivity contribution in [1.29, 1.82) is 0 Å². The lowest BCUT2D eigenvalue weighted by atomic mass is 9.90. The second-order valence-corrected chi connectivity index (χ2v) is 5.29. The van der Waals surface area contributed by atoms with E-state index in [4.69, 9.17) is 22.1 Å². The van der Waals surface area contributed by atoms with Crippen LogP contribution in [0.25, 0.3) is 0 Å². The van der Waals surface area contributed by atoms with Gasteiger partial charge in [0.25, 0.3) is 0 Å². The van der Waals surface area contributed by atoms with Gasteiger partial charge in [-0.25, -0.2) is 0 Å². The first-order chi connectivity index (χ1) is 8.63. The molecular weight excluding hydrogens is 250 g/mol. The molecule has 2 heterocycles. The Labute approximate surface area is 111 Å². The molecule has 0 saturated carbocycles. The number of benzene rings is 1. The number of nitrogens with zero attached hydrogens (tertiary/aromatic N) is 2. The molecule has 2 aliphatic heterocycles. The van der Waals surface area contributed by atoms with E-state index in [9.17, 15) is 0 Å². The van der Waals surface area contributed by atoms with Crippen LogP contribution in [0.15, 0.2) is 29.3 Å². The van der Waals surface area contributed by atoms with Gasteiger partial charge >= 0.3 is 0 Å². The second kappa shape index (κ2) is 4.14. The largest absolute Gasteiger partial charge is 0.376 e. The second-order valence-electron chi connectivity index (χ2n) is 4.86. The van der Waals surface area contributed by atoms with Crippen LogP contribution in [0.1, 0.15) is 13.3 Å². The van der Waals surface area contributed by atoms with Crippen molar-refractivity contribution in [1.82, 2.24) is 0 Å². The minimum absolute atomic E-state index is 0.112. The zero-order valence-corrected chi connectivity index (χ0v) is 11.0. The van der Waals surface area contributed by atoms with E-state index in [0.29, 0.717) is 17.5 Å². The van der Waals surface area contributed by atoms with Gasteiger partial charge in [-0.3, -0.25) is 4.99 Å². The van der Waals surface area contributed by atoms with Gasteiger partial charge in [-0.2, -0.15) is 0 Å². The summed E-state index contributed by atoms with van der Waals surface area (Å²) in [7, 11) is 0. The average molecular weight is 266 g/mol. The van der Waals surface area contributed by atoms with Gasteiger partial charge in [-0.1, -0.05) is 17.7 Å². The van der Waals surface area contributed by atoms with E-state index in [1.807, 2.05) is 24.3 Å². The van der Waals surface area contributed by atoms with Gasteiger partial charge < -0.3 is 15.4 Å². The fraction of sp³-hybridized carbons (Fsp3) is 0.462. The summed E-state index contributed by atoms with van der Waals surface area (Å²) in [6, 6.07) is 7.71. The molecule has 0 aliphatic carbocycles. The number of halogens is 1. The predicted molar refractivity (Wildman–Crippen MR) is 73.2 cm³/mol. The molecule has 1 aromatic rings. The number of hydrogen-bond acceptors (Lipinski definition) is 4. The van der Waals surface area contributed by atoms with Crippen LogP contribution in [0.3, 0.4) is 0 Å². The third-order valence-corrected chi connectivity index (χ3v) is 4.15. The summed E-state index contributed by atoms with van der Waals surface area (Å²) in [6.45, 7) is 3.52. The van der Waals surface area contributed by atoms with E-state index in [1.54, 1.807) is 0 Å². The molecule has 1 fully saturated rings. The van der Waals surface area contributed by atoms with Crippen LogP contribution in [-0.2, 0) is 4.74 Å². The van der Waals surface area contributed by atoms with E-state index in [0.717, 1.165) is 18.7 Å². The quantitative estimate of drug-likeness (QED) is 0.845. The zero-order valence-electron chi connectivity index (χ0n) is 10.3. The smallest absolute Gasteiger partial charge is 0.196 e. The molecule has 0 radical (unpaired) electrons. The van der Waals surface area contributed by atoms with Gasteiger partial charge in [0, 0.05) is 17.3 Å². The summed E-state index contributed by atoms with van der Waals surface area (Å²) >= 11 is 6.06. The molecule has 96 valence electrons. The van der Waals surface area contributed by atoms with Crippen molar-refractivity contribution in [2.75, 3.05) is 18.1 Å². The Morgan fingerprint density at radius 2 is 2.39 bits per heavy atom. The Balaban J connectivity index is 2.04. The number of ether oxygens (including phenoxy) is 1. The summed E-state index contributed by atoms with van der Waals surface area (Å²) in [6.07, 6.45) is 1.05. The Hall–Kier alpha value is -1.26. The number of guanidine groups is 1. The fourth-order valence-corrected chi connectivity index (χ4v) is 3.05. The third kappa shape index (κ3) is 1.60. The Morgan fingerprint density at radius 3 is 3.06 bits per heavy atom. The van der Waals surface area contributed by atoms with Crippen LogP contribution < -0.4 is 10.6 Å². The highest BCUT2D eigenvalue weighted by molar-refractivity contribution is 6.31. The number of aliphatic imine (C=N–C) groups is 1. The van der Waals surface area contributed by atoms with Crippen molar-refractivity contribution in [2.45, 2.75) is 25.0 Å². The summed E-state index contributed by atoms with van der Waals surface area (Å²) in [5, 5.41) is 0.703. The molecule has 1 aromatic carbocycles. The summed E-state index contributed by atoms with van der Waals surface area (Å²) in [4.78, 5) is 6.49. The van der Waals surface area contributed by atoms with Crippen LogP contribution in [0.5, 0.6) is 0 Å². The summed E-state index contributed by atoms with van der Waals surface area (Å²) < 4.78 is 5.72. The average Bonchev–Trinajstić information content (AvgIpc) is 2.85. The lowest BCUT2D eigenvalue weighted by Gasteiger charge is -2.38. The maximum absolute atomic E-state index is 6.06. The molecule has 1 spiro atoms. The van der Waals surface area contributed by atoms with Gasteiger partial charge in [0.15, 0.2) is 5.96 Å². The summed E-state index contributed by atoms with van der Waals surface area (Å²) in [5.41, 5.74) is 6.90. The van der Waals surface area contributed by atoms with E-state index >= 15 is 0 Å². The van der Waals surface area contributed by atoms with Crippen molar-refractivity contribution < 1.29 is 4.74 Å². The Kier molecular flexibility index (Phi) is 2.72. The van der Waals surface area contributed by atoms with Crippen molar-refractivity contribution >= 4 is 23.2 Å². The maximum atomic E-state index is 6.06. The van der Waals surface area contributed by atoms with E-state index < -0.39 is 0 Å². The van der Waals surface area contributed by atoms with Gasteiger partial charge in [-0.05, 0) is 31.5 Å². The van der Waals surface area contributed by atoms with Crippen LogP contribution in [0, 0.1) is 0 Å². The monoisotopic (exact) mass is 265 g/mol. The molecule has 3 rings (SSSR count). The third-order valence-electron chi connectivity index (χ3n) is 3.92. The SMILES string of the molecule is CC1OCCC12CN=C(N)N2c1cccc(Cl)c1. The van der Waals surface area contributed by atoms with Crippen LogP contribution in [0.4, 0.5) is 5.69 Å². The minimum atomic E-state index is -0.144. The predicted octanol–water partition coefficient (Wildman–Crippen LogP) is 2.02. The van der Waals surface area contributed by atoms with Crippen molar-refractivity contribution in [3.05, 3.63) is 29.3 Å². The molecule has 2 unspecified atom stereocenters. The topological polar surface area (TPSA) is 50.9 Å². The molecule has 2 aliphatic rings. The molecule has 0 aromatic heterocycles. The molecule has 5 heteroatoms. The molecule has 2 N–H and O–H groups in total. The van der Waals surface area contributed by atoms with Crippen LogP contribution in [0.2, 0.25) is 5.02 Å². The highest BCUT2D eigenvalue weighted by Crippen LogP contribution is 2.39. The van der Waals surface area contributed by atoms with Crippen molar-refractivity contribution in [3.63, 3.8) is 0 Å². The lowest BCUT2D eigenvalue weighted by molar-refractivity contribution is 0.100. The first-order valence-electron chi connectivity index (χ1n) is 6.11. The summed E-state index contributed by atoms with van der Waals surface area (Å²) in [5.74, 6) is 0.551. The lowest BCUT2D eigenvalue weighted by Crippen LogP contribution is -2.56.